The van der Waals surface area contributed by atoms with E-state index in [4.69, 9.17) is 4.74 Å². The Labute approximate surface area is 168 Å². The van der Waals surface area contributed by atoms with Crippen LogP contribution < -0.4 is 0 Å². The minimum Gasteiger partial charge on any atom is -0.460 e. The average molecular weight is 381 g/mol. The van der Waals surface area contributed by atoms with E-state index < -0.39 is 5.97 Å². The summed E-state index contributed by atoms with van der Waals surface area (Å²) in [7, 11) is 0. The number of hydrogen-bond donors (Lipinski definition) is 0. The van der Waals surface area contributed by atoms with Crippen LogP contribution in [0.3, 0.4) is 0 Å². The van der Waals surface area contributed by atoms with E-state index in [1.807, 2.05) is 13.8 Å². The van der Waals surface area contributed by atoms with Crippen molar-refractivity contribution < 1.29 is 14.3 Å². The summed E-state index contributed by atoms with van der Waals surface area (Å²) in [6.45, 7) is 6.52. The molecule has 0 saturated heterocycles. The van der Waals surface area contributed by atoms with Gasteiger partial charge in [-0.15, -0.1) is 0 Å². The fraction of sp³-hybridized carbons (Fsp3) is 0.833. The van der Waals surface area contributed by atoms with Gasteiger partial charge in [-0.25, -0.2) is 4.79 Å². The maximum absolute atomic E-state index is 11.6. The molecule has 0 unspecified atom stereocenters. The summed E-state index contributed by atoms with van der Waals surface area (Å²) in [6, 6.07) is 0. The molecule has 0 amide bonds. The molecule has 3 heteroatoms. The second-order valence-corrected chi connectivity index (χ2v) is 8.10. The quantitative estimate of drug-likeness (QED) is 0.103. The third-order valence-electron chi connectivity index (χ3n) is 4.69. The summed E-state index contributed by atoms with van der Waals surface area (Å²) in [6.07, 6.45) is 22.4. The number of carbonyl (C=O) groups excluding carboxylic acids is 2. The summed E-state index contributed by atoms with van der Waals surface area (Å²) in [5, 5.41) is 0. The molecule has 3 nitrogen and oxygen atoms in total. The number of hydrogen-bond acceptors (Lipinski definition) is 3. The van der Waals surface area contributed by atoms with Gasteiger partial charge in [0.1, 0.15) is 0 Å². The van der Waals surface area contributed by atoms with Crippen molar-refractivity contribution in [3.8, 4) is 0 Å². The summed E-state index contributed by atoms with van der Waals surface area (Å²) in [5.74, 6) is -0.755. The highest BCUT2D eigenvalue weighted by Crippen LogP contribution is 2.11. The number of allylic oxidation sites excluding steroid dienone is 2. The fourth-order valence-corrected chi connectivity index (χ4v) is 2.96. The van der Waals surface area contributed by atoms with Crippen LogP contribution >= 0.6 is 0 Å². The highest BCUT2D eigenvalue weighted by molar-refractivity contribution is 6.33. The van der Waals surface area contributed by atoms with Gasteiger partial charge < -0.3 is 4.74 Å². The van der Waals surface area contributed by atoms with Gasteiger partial charge in [-0.05, 0) is 38.0 Å². The molecule has 0 bridgehead atoms. The predicted octanol–water partition coefficient (Wildman–Crippen LogP) is 7.18. The zero-order valence-corrected chi connectivity index (χ0v) is 18.3. The normalized spacial score (nSPS) is 11.4. The molecular weight excluding hydrogens is 336 g/mol. The molecule has 0 aliphatic heterocycles. The lowest BCUT2D eigenvalue weighted by Gasteiger charge is -2.06. The largest absolute Gasteiger partial charge is 0.460 e. The Morgan fingerprint density at radius 2 is 1.22 bits per heavy atom. The molecule has 0 aromatic carbocycles. The maximum atomic E-state index is 11.6. The van der Waals surface area contributed by atoms with Crippen LogP contribution in [-0.2, 0) is 14.3 Å². The van der Waals surface area contributed by atoms with E-state index in [1.54, 1.807) is 0 Å². The van der Waals surface area contributed by atoms with E-state index in [2.05, 4.69) is 19.1 Å². The molecule has 0 heterocycles. The van der Waals surface area contributed by atoms with Crippen LogP contribution in [0.1, 0.15) is 117 Å². The van der Waals surface area contributed by atoms with Crippen LogP contribution in [0.2, 0.25) is 0 Å². The van der Waals surface area contributed by atoms with Crippen molar-refractivity contribution in [1.82, 2.24) is 0 Å². The summed E-state index contributed by atoms with van der Waals surface area (Å²) in [4.78, 5) is 23.1. The summed E-state index contributed by atoms with van der Waals surface area (Å²) in [5.41, 5.74) is 0. The van der Waals surface area contributed by atoms with E-state index in [0.29, 0.717) is 13.0 Å². The van der Waals surface area contributed by atoms with Gasteiger partial charge in [0.05, 0.1) is 6.61 Å². The third kappa shape index (κ3) is 19.4. The molecular formula is C24H44O3. The van der Waals surface area contributed by atoms with Crippen LogP contribution in [-0.4, -0.2) is 18.4 Å². The summed E-state index contributed by atoms with van der Waals surface area (Å²) < 4.78 is 4.95. The first-order valence-corrected chi connectivity index (χ1v) is 11.4. The van der Waals surface area contributed by atoms with E-state index in [9.17, 15) is 9.59 Å². The Kier molecular flexibility index (Phi) is 18.8. The van der Waals surface area contributed by atoms with Crippen LogP contribution in [0, 0.1) is 5.92 Å². The number of ketones is 1. The van der Waals surface area contributed by atoms with Crippen LogP contribution in [0.5, 0.6) is 0 Å². The maximum Gasteiger partial charge on any atom is 0.374 e. The minimum absolute atomic E-state index is 0.271. The van der Waals surface area contributed by atoms with Gasteiger partial charge in [-0.3, -0.25) is 4.79 Å². The highest BCUT2D eigenvalue weighted by Gasteiger charge is 2.14. The van der Waals surface area contributed by atoms with Crippen molar-refractivity contribution in [3.63, 3.8) is 0 Å². The van der Waals surface area contributed by atoms with E-state index in [1.165, 1.54) is 70.6 Å². The monoisotopic (exact) mass is 380 g/mol. The first-order valence-electron chi connectivity index (χ1n) is 11.4. The summed E-state index contributed by atoms with van der Waals surface area (Å²) >= 11 is 0. The highest BCUT2D eigenvalue weighted by atomic mass is 16.5. The van der Waals surface area contributed by atoms with Gasteiger partial charge in [0.25, 0.3) is 0 Å². The van der Waals surface area contributed by atoms with Gasteiger partial charge in [0, 0.05) is 6.42 Å². The number of esters is 1. The fourth-order valence-electron chi connectivity index (χ4n) is 2.96. The lowest BCUT2D eigenvalue weighted by Crippen LogP contribution is -2.19. The Morgan fingerprint density at radius 3 is 1.74 bits per heavy atom. The van der Waals surface area contributed by atoms with Gasteiger partial charge in [-0.2, -0.15) is 0 Å². The van der Waals surface area contributed by atoms with Crippen molar-refractivity contribution in [2.75, 3.05) is 6.61 Å². The molecule has 0 aromatic rings. The van der Waals surface area contributed by atoms with Crippen molar-refractivity contribution in [2.24, 2.45) is 5.92 Å². The standard InChI is InChI=1S/C24H44O3/c1-4-5-6-7-8-9-10-11-12-13-14-15-16-17-18-19-20-23(25)24(26)27-21-22(2)3/h11-12,22H,4-10,13-21H2,1-3H3/b12-11-. The van der Waals surface area contributed by atoms with Gasteiger partial charge >= 0.3 is 5.97 Å². The molecule has 0 N–H and O–H groups in total. The topological polar surface area (TPSA) is 43.4 Å². The number of carbonyl (C=O) groups is 2. The van der Waals surface area contributed by atoms with E-state index in [-0.39, 0.29) is 11.7 Å². The number of unbranched alkanes of at least 4 members (excludes halogenated alkanes) is 12. The molecule has 0 radical (unpaired) electrons. The molecule has 0 rings (SSSR count). The SMILES string of the molecule is CCCCCCCC/C=C\CCCCCCCCC(=O)C(=O)OCC(C)C. The zero-order chi connectivity index (χ0) is 20.2. The molecule has 0 spiro atoms. The van der Waals surface area contributed by atoms with Gasteiger partial charge in [0.15, 0.2) is 0 Å². The van der Waals surface area contributed by atoms with Crippen LogP contribution in [0.15, 0.2) is 12.2 Å². The van der Waals surface area contributed by atoms with Crippen molar-refractivity contribution in [3.05, 3.63) is 12.2 Å². The van der Waals surface area contributed by atoms with Gasteiger partial charge in [0.2, 0.25) is 5.78 Å². The Morgan fingerprint density at radius 1 is 0.741 bits per heavy atom. The number of ether oxygens (including phenoxy) is 1. The lowest BCUT2D eigenvalue weighted by molar-refractivity contribution is -0.154. The smallest absolute Gasteiger partial charge is 0.374 e. The molecule has 0 fully saturated rings. The molecule has 0 atom stereocenters. The second kappa shape index (κ2) is 19.6. The average Bonchev–Trinajstić information content (AvgIpc) is 2.65. The van der Waals surface area contributed by atoms with E-state index in [0.717, 1.165) is 19.3 Å². The molecule has 27 heavy (non-hydrogen) atoms. The molecule has 0 saturated carbocycles. The molecule has 0 aliphatic carbocycles. The predicted molar refractivity (Wildman–Crippen MR) is 115 cm³/mol. The second-order valence-electron chi connectivity index (χ2n) is 8.10. The minimum atomic E-state index is -0.656. The Bertz CT molecular complexity index is 385. The van der Waals surface area contributed by atoms with Gasteiger partial charge in [-0.1, -0.05) is 90.7 Å². The number of Topliss-reactive ketones (excluding diaryl/α,β-unsaturated/α-hetero) is 1. The first-order chi connectivity index (χ1) is 13.1. The molecule has 0 aliphatic rings. The van der Waals surface area contributed by atoms with Crippen LogP contribution in [0.25, 0.3) is 0 Å². The zero-order valence-electron chi connectivity index (χ0n) is 18.3. The van der Waals surface area contributed by atoms with Crippen molar-refractivity contribution in [2.45, 2.75) is 117 Å². The van der Waals surface area contributed by atoms with E-state index >= 15 is 0 Å². The molecule has 0 aromatic heterocycles. The molecule has 158 valence electrons. The Hall–Kier alpha value is -1.12. The Balaban J connectivity index is 3.32. The third-order valence-corrected chi connectivity index (χ3v) is 4.69. The lowest BCUT2D eigenvalue weighted by atomic mass is 10.1. The van der Waals surface area contributed by atoms with Crippen molar-refractivity contribution in [1.29, 1.82) is 0 Å². The van der Waals surface area contributed by atoms with Crippen LogP contribution in [0.4, 0.5) is 0 Å². The number of rotatable bonds is 19. The first kappa shape index (κ1) is 25.9. The van der Waals surface area contributed by atoms with Crippen molar-refractivity contribution >= 4 is 11.8 Å².